The van der Waals surface area contributed by atoms with Gasteiger partial charge in [-0.05, 0) is 37.4 Å². The predicted octanol–water partition coefficient (Wildman–Crippen LogP) is 3.52. The van der Waals surface area contributed by atoms with Crippen molar-refractivity contribution in [1.29, 1.82) is 0 Å². The molecule has 0 bridgehead atoms. The van der Waals surface area contributed by atoms with Gasteiger partial charge in [-0.15, -0.1) is 0 Å². The number of hydrogen-bond acceptors (Lipinski definition) is 3. The van der Waals surface area contributed by atoms with E-state index >= 15 is 0 Å². The van der Waals surface area contributed by atoms with Gasteiger partial charge in [-0.25, -0.2) is 4.68 Å². The molecule has 0 saturated heterocycles. The highest BCUT2D eigenvalue weighted by Crippen LogP contribution is 2.33. The highest BCUT2D eigenvalue weighted by molar-refractivity contribution is 6.41. The maximum Gasteiger partial charge on any atom is 0.288 e. The van der Waals surface area contributed by atoms with E-state index in [0.717, 1.165) is 19.3 Å². The first-order valence-corrected chi connectivity index (χ1v) is 8.02. The molecule has 0 spiro atoms. The van der Waals surface area contributed by atoms with Crippen LogP contribution in [0.2, 0.25) is 10.0 Å². The third-order valence-corrected chi connectivity index (χ3v) is 4.92. The molecule has 1 aliphatic carbocycles. The zero-order valence-corrected chi connectivity index (χ0v) is 13.8. The molecular formula is C16H17Cl2N3O. The maximum absolute atomic E-state index is 12.1. The van der Waals surface area contributed by atoms with Crippen LogP contribution in [0.4, 0.5) is 0 Å². The number of benzene rings is 1. The molecule has 6 heteroatoms. The standard InChI is InChI=1S/C16H17Cl2N3O/c1-20(10-21-16(22)15(18)13(17)9-19-21)14-8-4-6-11-5-2-3-7-12(11)14/h2-3,5,7,9,14H,4,6,8,10H2,1H3/t14-/m0/s1. The molecule has 1 atom stereocenters. The van der Waals surface area contributed by atoms with E-state index in [1.165, 1.54) is 22.0 Å². The Morgan fingerprint density at radius 3 is 2.95 bits per heavy atom. The van der Waals surface area contributed by atoms with Crippen LogP contribution in [-0.2, 0) is 13.1 Å². The summed E-state index contributed by atoms with van der Waals surface area (Å²) in [6.45, 7) is 0.384. The first kappa shape index (κ1) is 15.5. The van der Waals surface area contributed by atoms with Crippen LogP contribution in [0.15, 0.2) is 35.3 Å². The fraction of sp³-hybridized carbons (Fsp3) is 0.375. The van der Waals surface area contributed by atoms with Gasteiger partial charge in [0, 0.05) is 6.04 Å². The summed E-state index contributed by atoms with van der Waals surface area (Å²) in [5.74, 6) is 0. The molecule has 116 valence electrons. The minimum absolute atomic E-state index is 0.0223. The third kappa shape index (κ3) is 2.91. The predicted molar refractivity (Wildman–Crippen MR) is 88.4 cm³/mol. The molecule has 3 rings (SSSR count). The Morgan fingerprint density at radius 1 is 1.36 bits per heavy atom. The number of halogens is 2. The summed E-state index contributed by atoms with van der Waals surface area (Å²) < 4.78 is 1.35. The fourth-order valence-corrected chi connectivity index (χ4v) is 3.31. The van der Waals surface area contributed by atoms with E-state index in [1.54, 1.807) is 0 Å². The quantitative estimate of drug-likeness (QED) is 0.859. The van der Waals surface area contributed by atoms with Crippen LogP contribution in [0, 0.1) is 0 Å². The molecule has 0 aliphatic heterocycles. The minimum atomic E-state index is -0.356. The molecule has 1 aromatic heterocycles. The molecular weight excluding hydrogens is 321 g/mol. The second-order valence-corrected chi connectivity index (χ2v) is 6.40. The normalized spacial score (nSPS) is 17.5. The van der Waals surface area contributed by atoms with Crippen LogP contribution < -0.4 is 5.56 Å². The van der Waals surface area contributed by atoms with Crippen molar-refractivity contribution in [2.45, 2.75) is 32.0 Å². The Hall–Kier alpha value is -1.36. The lowest BCUT2D eigenvalue weighted by Gasteiger charge is -2.33. The van der Waals surface area contributed by atoms with Crippen LogP contribution in [0.3, 0.4) is 0 Å². The molecule has 0 fully saturated rings. The van der Waals surface area contributed by atoms with Crippen molar-refractivity contribution < 1.29 is 0 Å². The zero-order valence-electron chi connectivity index (χ0n) is 12.3. The third-order valence-electron chi connectivity index (χ3n) is 4.17. The van der Waals surface area contributed by atoms with E-state index in [0.29, 0.717) is 6.67 Å². The number of aromatic nitrogens is 2. The molecule has 22 heavy (non-hydrogen) atoms. The summed E-state index contributed by atoms with van der Waals surface area (Å²) in [5.41, 5.74) is 2.37. The van der Waals surface area contributed by atoms with Crippen molar-refractivity contribution in [3.63, 3.8) is 0 Å². The Bertz CT molecular complexity index is 744. The van der Waals surface area contributed by atoms with Crippen LogP contribution in [0.1, 0.15) is 30.0 Å². The van der Waals surface area contributed by atoms with Gasteiger partial charge in [-0.3, -0.25) is 9.69 Å². The van der Waals surface area contributed by atoms with E-state index in [2.05, 4.69) is 34.3 Å². The SMILES string of the molecule is CN(Cn1ncc(Cl)c(Cl)c1=O)[C@H]1CCCc2ccccc21. The van der Waals surface area contributed by atoms with E-state index in [-0.39, 0.29) is 21.6 Å². The van der Waals surface area contributed by atoms with Gasteiger partial charge in [0.2, 0.25) is 0 Å². The minimum Gasteiger partial charge on any atom is -0.280 e. The molecule has 1 aromatic carbocycles. The average Bonchev–Trinajstić information content (AvgIpc) is 2.55. The Labute approximate surface area is 139 Å². The van der Waals surface area contributed by atoms with Crippen LogP contribution in [-0.4, -0.2) is 21.7 Å². The zero-order chi connectivity index (χ0) is 15.7. The lowest BCUT2D eigenvalue weighted by molar-refractivity contribution is 0.163. The van der Waals surface area contributed by atoms with Gasteiger partial charge in [-0.2, -0.15) is 5.10 Å². The first-order chi connectivity index (χ1) is 10.6. The second-order valence-electron chi connectivity index (χ2n) is 5.62. The molecule has 2 aromatic rings. The van der Waals surface area contributed by atoms with Gasteiger partial charge in [0.05, 0.1) is 17.9 Å². The summed E-state index contributed by atoms with van der Waals surface area (Å²) in [6.07, 6.45) is 4.75. The summed E-state index contributed by atoms with van der Waals surface area (Å²) in [4.78, 5) is 14.2. The summed E-state index contributed by atoms with van der Waals surface area (Å²) in [7, 11) is 2.00. The molecule has 0 N–H and O–H groups in total. The van der Waals surface area contributed by atoms with E-state index < -0.39 is 0 Å². The van der Waals surface area contributed by atoms with Crippen LogP contribution >= 0.6 is 23.2 Å². The Morgan fingerprint density at radius 2 is 2.14 bits per heavy atom. The van der Waals surface area contributed by atoms with Crippen molar-refractivity contribution in [2.24, 2.45) is 0 Å². The van der Waals surface area contributed by atoms with Crippen molar-refractivity contribution in [2.75, 3.05) is 7.05 Å². The number of rotatable bonds is 3. The fourth-order valence-electron chi connectivity index (χ4n) is 3.04. The first-order valence-electron chi connectivity index (χ1n) is 7.27. The molecule has 0 radical (unpaired) electrons. The number of hydrogen-bond donors (Lipinski definition) is 0. The second kappa shape index (κ2) is 6.41. The largest absolute Gasteiger partial charge is 0.288 e. The van der Waals surface area contributed by atoms with Crippen molar-refractivity contribution in [3.05, 3.63) is 62.0 Å². The smallest absolute Gasteiger partial charge is 0.280 e. The monoisotopic (exact) mass is 337 g/mol. The lowest BCUT2D eigenvalue weighted by Crippen LogP contribution is -2.35. The topological polar surface area (TPSA) is 38.1 Å². The van der Waals surface area contributed by atoms with E-state index in [9.17, 15) is 4.79 Å². The van der Waals surface area contributed by atoms with Crippen LogP contribution in [0.5, 0.6) is 0 Å². The summed E-state index contributed by atoms with van der Waals surface area (Å²) in [5, 5.41) is 4.29. The van der Waals surface area contributed by atoms with Gasteiger partial charge in [0.25, 0.3) is 5.56 Å². The molecule has 0 saturated carbocycles. The Kier molecular flexibility index (Phi) is 4.52. The summed E-state index contributed by atoms with van der Waals surface area (Å²) >= 11 is 11.7. The number of nitrogens with zero attached hydrogens (tertiary/aromatic N) is 3. The van der Waals surface area contributed by atoms with Crippen molar-refractivity contribution >= 4 is 23.2 Å². The highest BCUT2D eigenvalue weighted by atomic mass is 35.5. The highest BCUT2D eigenvalue weighted by Gasteiger charge is 2.24. The summed E-state index contributed by atoms with van der Waals surface area (Å²) in [6, 6.07) is 8.77. The van der Waals surface area contributed by atoms with Crippen LogP contribution in [0.25, 0.3) is 0 Å². The number of fused-ring (bicyclic) bond motifs is 1. The van der Waals surface area contributed by atoms with Gasteiger partial charge < -0.3 is 0 Å². The molecule has 0 unspecified atom stereocenters. The van der Waals surface area contributed by atoms with Crippen molar-refractivity contribution in [3.8, 4) is 0 Å². The van der Waals surface area contributed by atoms with E-state index in [4.69, 9.17) is 23.2 Å². The lowest BCUT2D eigenvalue weighted by atomic mass is 9.87. The molecule has 1 aliphatic rings. The van der Waals surface area contributed by atoms with Gasteiger partial charge in [-0.1, -0.05) is 47.5 Å². The van der Waals surface area contributed by atoms with Gasteiger partial charge in [0.1, 0.15) is 5.02 Å². The average molecular weight is 338 g/mol. The molecule has 0 amide bonds. The maximum atomic E-state index is 12.1. The molecule has 1 heterocycles. The Balaban J connectivity index is 1.86. The van der Waals surface area contributed by atoms with E-state index in [1.807, 2.05) is 7.05 Å². The molecule has 4 nitrogen and oxygen atoms in total. The van der Waals surface area contributed by atoms with Gasteiger partial charge >= 0.3 is 0 Å². The number of aryl methyl sites for hydroxylation is 1. The van der Waals surface area contributed by atoms with Gasteiger partial charge in [0.15, 0.2) is 0 Å². The van der Waals surface area contributed by atoms with Crippen molar-refractivity contribution in [1.82, 2.24) is 14.7 Å².